The zero-order chi connectivity index (χ0) is 19.6. The highest BCUT2D eigenvalue weighted by molar-refractivity contribution is 5.76. The number of alkyl halides is 3. The van der Waals surface area contributed by atoms with E-state index in [1.54, 1.807) is 26.0 Å². The minimum atomic E-state index is -4.37. The number of ether oxygens (including phenoxy) is 2. The summed E-state index contributed by atoms with van der Waals surface area (Å²) >= 11 is 0. The number of benzene rings is 1. The van der Waals surface area contributed by atoms with Crippen molar-refractivity contribution in [2.45, 2.75) is 39.3 Å². The van der Waals surface area contributed by atoms with Crippen LogP contribution in [0.5, 0.6) is 0 Å². The molecule has 4 nitrogen and oxygen atoms in total. The average Bonchev–Trinajstić information content (AvgIpc) is 2.59. The van der Waals surface area contributed by atoms with Gasteiger partial charge in [-0.3, -0.25) is 9.59 Å². The van der Waals surface area contributed by atoms with Crippen molar-refractivity contribution >= 4 is 18.5 Å². The highest BCUT2D eigenvalue weighted by Gasteiger charge is 2.33. The Kier molecular flexibility index (Phi) is 8.35. The molecule has 0 N–H and O–H groups in total. The largest absolute Gasteiger partial charge is 0.468 e. The van der Waals surface area contributed by atoms with Crippen LogP contribution in [0.4, 0.5) is 13.2 Å². The molecule has 1 aromatic carbocycles. The minimum Gasteiger partial charge on any atom is -0.468 e. The van der Waals surface area contributed by atoms with Gasteiger partial charge < -0.3 is 9.47 Å². The van der Waals surface area contributed by atoms with Crippen molar-refractivity contribution in [1.29, 1.82) is 0 Å². The molecule has 0 aliphatic carbocycles. The summed E-state index contributed by atoms with van der Waals surface area (Å²) in [7, 11) is 0. The fraction of sp³-hybridized carbons (Fsp3) is 0.474. The summed E-state index contributed by atoms with van der Waals surface area (Å²) < 4.78 is 47.4. The molecule has 0 bridgehead atoms. The van der Waals surface area contributed by atoms with E-state index in [9.17, 15) is 22.8 Å². The Balaban J connectivity index is 2.76. The van der Waals surface area contributed by atoms with Crippen molar-refractivity contribution < 1.29 is 32.2 Å². The molecule has 0 saturated heterocycles. The van der Waals surface area contributed by atoms with Crippen LogP contribution in [0.15, 0.2) is 30.3 Å². The SMILES string of the molecule is CCOC(=O)[C@](C)(C/C=C/c1ccc(C(F)(F)F)cc1)CCCOC=O. The zero-order valence-electron chi connectivity index (χ0n) is 14.8. The Morgan fingerprint density at radius 1 is 1.19 bits per heavy atom. The molecule has 0 fully saturated rings. The highest BCUT2D eigenvalue weighted by atomic mass is 19.4. The molecule has 0 heterocycles. The van der Waals surface area contributed by atoms with Gasteiger partial charge in [-0.05, 0) is 50.8 Å². The number of hydrogen-bond acceptors (Lipinski definition) is 4. The molecule has 1 aromatic rings. The van der Waals surface area contributed by atoms with Crippen LogP contribution in [0.2, 0.25) is 0 Å². The van der Waals surface area contributed by atoms with Crippen molar-refractivity contribution in [2.75, 3.05) is 13.2 Å². The molecule has 7 heteroatoms. The van der Waals surface area contributed by atoms with Gasteiger partial charge in [0.2, 0.25) is 0 Å². The van der Waals surface area contributed by atoms with Crippen LogP contribution in [0, 0.1) is 5.41 Å². The molecule has 0 aromatic heterocycles. The Morgan fingerprint density at radius 2 is 1.85 bits per heavy atom. The molecule has 0 saturated carbocycles. The Labute approximate surface area is 151 Å². The number of allylic oxidation sites excluding steroid dienone is 1. The van der Waals surface area contributed by atoms with Crippen LogP contribution < -0.4 is 0 Å². The molecule has 0 radical (unpaired) electrons. The second kappa shape index (κ2) is 9.99. The van der Waals surface area contributed by atoms with Gasteiger partial charge in [0.05, 0.1) is 24.2 Å². The standard InChI is InChI=1S/C19H23F3O4/c1-3-26-17(24)18(2,12-5-13-25-14-23)11-4-6-15-7-9-16(10-8-15)19(20,21)22/h4,6-10,14H,3,5,11-13H2,1-2H3/b6-4+/t18-/m1/s1. The van der Waals surface area contributed by atoms with Crippen molar-refractivity contribution in [3.05, 3.63) is 41.5 Å². The van der Waals surface area contributed by atoms with Crippen LogP contribution in [0.25, 0.3) is 6.08 Å². The van der Waals surface area contributed by atoms with Crippen LogP contribution in [0.3, 0.4) is 0 Å². The van der Waals surface area contributed by atoms with Crippen LogP contribution in [0.1, 0.15) is 44.2 Å². The third-order valence-electron chi connectivity index (χ3n) is 3.94. The van der Waals surface area contributed by atoms with Crippen molar-refractivity contribution in [2.24, 2.45) is 5.41 Å². The minimum absolute atomic E-state index is 0.209. The first-order valence-corrected chi connectivity index (χ1v) is 8.29. The van der Waals surface area contributed by atoms with Gasteiger partial charge >= 0.3 is 12.1 Å². The predicted molar refractivity (Wildman–Crippen MR) is 91.1 cm³/mol. The first kappa shape index (κ1) is 21.7. The van der Waals surface area contributed by atoms with Gasteiger partial charge in [0.1, 0.15) is 0 Å². The third-order valence-corrected chi connectivity index (χ3v) is 3.94. The van der Waals surface area contributed by atoms with E-state index >= 15 is 0 Å². The van der Waals surface area contributed by atoms with Crippen molar-refractivity contribution in [3.63, 3.8) is 0 Å². The lowest BCUT2D eigenvalue weighted by atomic mass is 9.82. The number of rotatable bonds is 10. The van der Waals surface area contributed by atoms with Gasteiger partial charge in [-0.1, -0.05) is 24.3 Å². The Hall–Kier alpha value is -2.31. The summed E-state index contributed by atoms with van der Waals surface area (Å²) in [6.07, 6.45) is 0.348. The monoisotopic (exact) mass is 372 g/mol. The zero-order valence-corrected chi connectivity index (χ0v) is 14.8. The molecular formula is C19H23F3O4. The number of esters is 1. The maximum absolute atomic E-state index is 12.6. The summed E-state index contributed by atoms with van der Waals surface area (Å²) in [6, 6.07) is 4.78. The average molecular weight is 372 g/mol. The number of hydrogen-bond donors (Lipinski definition) is 0. The van der Waals surface area contributed by atoms with E-state index in [0.29, 0.717) is 31.3 Å². The molecular weight excluding hydrogens is 349 g/mol. The molecule has 0 amide bonds. The molecule has 0 aliphatic heterocycles. The van der Waals surface area contributed by atoms with Crippen LogP contribution in [-0.4, -0.2) is 25.7 Å². The maximum Gasteiger partial charge on any atom is 0.416 e. The first-order valence-electron chi connectivity index (χ1n) is 8.29. The second-order valence-corrected chi connectivity index (χ2v) is 6.08. The summed E-state index contributed by atoms with van der Waals surface area (Å²) in [6.45, 7) is 4.28. The van der Waals surface area contributed by atoms with Gasteiger partial charge in [0.15, 0.2) is 0 Å². The summed E-state index contributed by atoms with van der Waals surface area (Å²) in [5.41, 5.74) is -0.903. The summed E-state index contributed by atoms with van der Waals surface area (Å²) in [5, 5.41) is 0. The highest BCUT2D eigenvalue weighted by Crippen LogP contribution is 2.31. The normalized spacial score (nSPS) is 14.0. The van der Waals surface area contributed by atoms with Crippen LogP contribution >= 0.6 is 0 Å². The third kappa shape index (κ3) is 6.90. The molecule has 1 atom stereocenters. The first-order chi connectivity index (χ1) is 12.2. The quantitative estimate of drug-likeness (QED) is 0.341. The number of carbonyl (C=O) groups is 2. The van der Waals surface area contributed by atoms with Crippen molar-refractivity contribution in [3.8, 4) is 0 Å². The van der Waals surface area contributed by atoms with E-state index in [1.807, 2.05) is 0 Å². The van der Waals surface area contributed by atoms with Gasteiger partial charge in [0.25, 0.3) is 6.47 Å². The lowest BCUT2D eigenvalue weighted by Crippen LogP contribution is -2.30. The van der Waals surface area contributed by atoms with Crippen LogP contribution in [-0.2, 0) is 25.2 Å². The molecule has 26 heavy (non-hydrogen) atoms. The van der Waals surface area contributed by atoms with E-state index in [0.717, 1.165) is 12.1 Å². The van der Waals surface area contributed by atoms with E-state index in [4.69, 9.17) is 4.74 Å². The second-order valence-electron chi connectivity index (χ2n) is 6.08. The van der Waals surface area contributed by atoms with E-state index in [2.05, 4.69) is 4.74 Å². The fourth-order valence-corrected chi connectivity index (χ4v) is 2.42. The summed E-state index contributed by atoms with van der Waals surface area (Å²) in [4.78, 5) is 22.4. The van der Waals surface area contributed by atoms with Gasteiger partial charge in [-0.2, -0.15) is 13.2 Å². The van der Waals surface area contributed by atoms with E-state index in [1.165, 1.54) is 12.1 Å². The van der Waals surface area contributed by atoms with E-state index < -0.39 is 17.2 Å². The maximum atomic E-state index is 12.6. The molecule has 0 aliphatic rings. The fourth-order valence-electron chi connectivity index (χ4n) is 2.42. The lowest BCUT2D eigenvalue weighted by molar-refractivity contribution is -0.154. The van der Waals surface area contributed by atoms with Gasteiger partial charge in [-0.25, -0.2) is 0 Å². The Morgan fingerprint density at radius 3 is 2.38 bits per heavy atom. The van der Waals surface area contributed by atoms with E-state index in [-0.39, 0.29) is 19.2 Å². The smallest absolute Gasteiger partial charge is 0.416 e. The molecule has 1 rings (SSSR count). The van der Waals surface area contributed by atoms with Gasteiger partial charge in [0, 0.05) is 0 Å². The number of halogens is 3. The topological polar surface area (TPSA) is 52.6 Å². The lowest BCUT2D eigenvalue weighted by Gasteiger charge is -2.25. The molecule has 144 valence electrons. The molecule has 0 spiro atoms. The predicted octanol–water partition coefficient (Wildman–Crippen LogP) is 4.63. The number of carbonyl (C=O) groups excluding carboxylic acids is 2. The Bertz CT molecular complexity index is 608. The molecule has 0 unspecified atom stereocenters. The van der Waals surface area contributed by atoms with Crippen molar-refractivity contribution in [1.82, 2.24) is 0 Å². The summed E-state index contributed by atoms with van der Waals surface area (Å²) in [5.74, 6) is -0.358. The van der Waals surface area contributed by atoms with Gasteiger partial charge in [-0.15, -0.1) is 0 Å².